The molecule has 25 heavy (non-hydrogen) atoms. The van der Waals surface area contributed by atoms with Gasteiger partial charge in [-0.25, -0.2) is 4.79 Å². The number of rotatable bonds is 5. The van der Waals surface area contributed by atoms with Crippen molar-refractivity contribution >= 4 is 28.5 Å². The number of aromatic amines is 2. The van der Waals surface area contributed by atoms with Crippen molar-refractivity contribution in [2.45, 2.75) is 26.0 Å². The average molecular weight is 360 g/mol. The van der Waals surface area contributed by atoms with E-state index in [0.717, 1.165) is 11.1 Å². The van der Waals surface area contributed by atoms with Crippen LogP contribution in [0.1, 0.15) is 25.5 Å². The second kappa shape index (κ2) is 7.03. The number of amides is 1. The van der Waals surface area contributed by atoms with Crippen LogP contribution in [0.2, 0.25) is 5.02 Å². The van der Waals surface area contributed by atoms with E-state index in [9.17, 15) is 9.59 Å². The molecule has 0 saturated heterocycles. The Morgan fingerprint density at radius 1 is 1.12 bits per heavy atom. The van der Waals surface area contributed by atoms with Crippen molar-refractivity contribution in [2.24, 2.45) is 0 Å². The van der Waals surface area contributed by atoms with Crippen molar-refractivity contribution in [2.75, 3.05) is 0 Å². The number of carbonyl (C=O) groups excluding carboxylic acids is 1. The van der Waals surface area contributed by atoms with Crippen LogP contribution in [0, 0.1) is 0 Å². The number of aromatic nitrogens is 2. The Morgan fingerprint density at radius 3 is 2.60 bits per heavy atom. The Labute approximate surface area is 149 Å². The smallest absolute Gasteiger partial charge is 0.323 e. The zero-order valence-electron chi connectivity index (χ0n) is 13.8. The molecule has 0 aliphatic rings. The largest absolute Gasteiger partial charge is 0.479 e. The Morgan fingerprint density at radius 2 is 1.84 bits per heavy atom. The van der Waals surface area contributed by atoms with Crippen LogP contribution >= 0.6 is 11.6 Å². The SMILES string of the molecule is CC(Oc1ccccc1Cl)C(=O)NC(C)c1ccc2[nH]c(=O)[nH]c2c1. The van der Waals surface area contributed by atoms with Crippen LogP contribution in [-0.4, -0.2) is 22.0 Å². The molecular formula is C18H18ClN3O3. The minimum absolute atomic E-state index is 0.243. The van der Waals surface area contributed by atoms with E-state index >= 15 is 0 Å². The van der Waals surface area contributed by atoms with Gasteiger partial charge in [-0.3, -0.25) is 4.79 Å². The van der Waals surface area contributed by atoms with Gasteiger partial charge in [0.05, 0.1) is 22.1 Å². The Balaban J connectivity index is 1.68. The highest BCUT2D eigenvalue weighted by Gasteiger charge is 2.19. The Kier molecular flexibility index (Phi) is 4.81. The van der Waals surface area contributed by atoms with Crippen LogP contribution in [0.25, 0.3) is 11.0 Å². The van der Waals surface area contributed by atoms with E-state index in [0.29, 0.717) is 16.3 Å². The Hall–Kier alpha value is -2.73. The van der Waals surface area contributed by atoms with E-state index in [1.165, 1.54) is 0 Å². The predicted octanol–water partition coefficient (Wildman–Crippen LogP) is 3.15. The van der Waals surface area contributed by atoms with E-state index in [-0.39, 0.29) is 17.6 Å². The highest BCUT2D eigenvalue weighted by atomic mass is 35.5. The Bertz CT molecular complexity index is 963. The van der Waals surface area contributed by atoms with Crippen molar-refractivity contribution in [1.29, 1.82) is 0 Å². The van der Waals surface area contributed by atoms with Crippen LogP contribution in [0.4, 0.5) is 0 Å². The van der Waals surface area contributed by atoms with Gasteiger partial charge in [-0.2, -0.15) is 0 Å². The van der Waals surface area contributed by atoms with E-state index in [1.807, 2.05) is 19.1 Å². The zero-order valence-corrected chi connectivity index (χ0v) is 14.6. The topological polar surface area (TPSA) is 87.0 Å². The van der Waals surface area contributed by atoms with E-state index in [2.05, 4.69) is 15.3 Å². The van der Waals surface area contributed by atoms with Gasteiger partial charge in [0.25, 0.3) is 5.91 Å². The van der Waals surface area contributed by atoms with Crippen LogP contribution in [0.5, 0.6) is 5.75 Å². The third-order valence-corrected chi connectivity index (χ3v) is 4.22. The molecule has 0 spiro atoms. The number of halogens is 1. The van der Waals surface area contributed by atoms with Gasteiger partial charge in [-0.05, 0) is 43.7 Å². The van der Waals surface area contributed by atoms with Crippen molar-refractivity contribution in [1.82, 2.24) is 15.3 Å². The molecule has 0 aliphatic heterocycles. The second-order valence-corrected chi connectivity index (χ2v) is 6.21. The first-order valence-corrected chi connectivity index (χ1v) is 8.25. The summed E-state index contributed by atoms with van der Waals surface area (Å²) in [6.45, 7) is 3.53. The highest BCUT2D eigenvalue weighted by Crippen LogP contribution is 2.24. The number of nitrogens with one attached hydrogen (secondary N) is 3. The number of fused-ring (bicyclic) bond motifs is 1. The molecule has 1 aromatic heterocycles. The predicted molar refractivity (Wildman–Crippen MR) is 97.0 cm³/mol. The number of benzene rings is 2. The molecule has 6 nitrogen and oxygen atoms in total. The van der Waals surface area contributed by atoms with Gasteiger partial charge in [0.15, 0.2) is 6.10 Å². The van der Waals surface area contributed by atoms with Gasteiger partial charge in [0, 0.05) is 0 Å². The van der Waals surface area contributed by atoms with Gasteiger partial charge < -0.3 is 20.0 Å². The summed E-state index contributed by atoms with van der Waals surface area (Å²) in [4.78, 5) is 29.1. The van der Waals surface area contributed by atoms with Crippen LogP contribution < -0.4 is 15.7 Å². The standard InChI is InChI=1S/C18H18ClN3O3/c1-10(12-7-8-14-15(9-12)22-18(24)21-14)20-17(23)11(2)25-16-6-4-3-5-13(16)19/h3-11H,1-2H3,(H,20,23)(H2,21,22,24). The number of H-pyrrole nitrogens is 2. The molecule has 2 unspecified atom stereocenters. The molecule has 1 amide bonds. The number of ether oxygens (including phenoxy) is 1. The minimum atomic E-state index is -0.696. The van der Waals surface area contributed by atoms with E-state index in [1.54, 1.807) is 37.3 Å². The fourth-order valence-electron chi connectivity index (χ4n) is 2.52. The fraction of sp³-hybridized carbons (Fsp3) is 0.222. The summed E-state index contributed by atoms with van der Waals surface area (Å²) in [6, 6.07) is 12.3. The number of para-hydroxylation sites is 1. The highest BCUT2D eigenvalue weighted by molar-refractivity contribution is 6.32. The molecule has 3 N–H and O–H groups in total. The lowest BCUT2D eigenvalue weighted by Gasteiger charge is -2.19. The van der Waals surface area contributed by atoms with Crippen LogP contribution in [0.15, 0.2) is 47.3 Å². The van der Waals surface area contributed by atoms with Crippen molar-refractivity contribution in [3.63, 3.8) is 0 Å². The lowest BCUT2D eigenvalue weighted by Crippen LogP contribution is -2.37. The normalized spacial score (nSPS) is 13.4. The third-order valence-electron chi connectivity index (χ3n) is 3.91. The van der Waals surface area contributed by atoms with Gasteiger partial charge in [-0.15, -0.1) is 0 Å². The van der Waals surface area contributed by atoms with Crippen molar-refractivity contribution in [3.8, 4) is 5.75 Å². The maximum absolute atomic E-state index is 12.4. The van der Waals surface area contributed by atoms with Gasteiger partial charge in [0.1, 0.15) is 5.75 Å². The number of hydrogen-bond donors (Lipinski definition) is 3. The molecule has 0 fully saturated rings. The summed E-state index contributed by atoms with van der Waals surface area (Å²) in [5, 5.41) is 3.35. The lowest BCUT2D eigenvalue weighted by atomic mass is 10.1. The molecule has 3 rings (SSSR count). The molecule has 0 radical (unpaired) electrons. The maximum Gasteiger partial charge on any atom is 0.323 e. The van der Waals surface area contributed by atoms with Crippen LogP contribution in [-0.2, 0) is 4.79 Å². The van der Waals surface area contributed by atoms with Gasteiger partial charge >= 0.3 is 5.69 Å². The van der Waals surface area contributed by atoms with E-state index in [4.69, 9.17) is 16.3 Å². The molecule has 0 bridgehead atoms. The first-order valence-electron chi connectivity index (χ1n) is 7.87. The first kappa shape index (κ1) is 17.1. The molecule has 1 heterocycles. The number of hydrogen-bond acceptors (Lipinski definition) is 3. The molecule has 0 saturated carbocycles. The number of carbonyl (C=O) groups is 1. The van der Waals surface area contributed by atoms with Crippen molar-refractivity contribution in [3.05, 3.63) is 63.5 Å². The summed E-state index contributed by atoms with van der Waals surface area (Å²) >= 11 is 6.04. The van der Waals surface area contributed by atoms with Gasteiger partial charge in [-0.1, -0.05) is 29.8 Å². The number of imidazole rings is 1. The summed E-state index contributed by atoms with van der Waals surface area (Å²) in [5.74, 6) is 0.209. The lowest BCUT2D eigenvalue weighted by molar-refractivity contribution is -0.127. The second-order valence-electron chi connectivity index (χ2n) is 5.80. The summed E-state index contributed by atoms with van der Waals surface area (Å²) in [7, 11) is 0. The molecule has 130 valence electrons. The molecular weight excluding hydrogens is 342 g/mol. The fourth-order valence-corrected chi connectivity index (χ4v) is 2.70. The van der Waals surface area contributed by atoms with Crippen LogP contribution in [0.3, 0.4) is 0 Å². The first-order chi connectivity index (χ1) is 11.9. The quantitative estimate of drug-likeness (QED) is 0.654. The average Bonchev–Trinajstić information content (AvgIpc) is 2.95. The maximum atomic E-state index is 12.4. The summed E-state index contributed by atoms with van der Waals surface area (Å²) in [6.07, 6.45) is -0.696. The molecule has 2 aromatic carbocycles. The van der Waals surface area contributed by atoms with E-state index < -0.39 is 6.10 Å². The molecule has 2 atom stereocenters. The molecule has 7 heteroatoms. The minimum Gasteiger partial charge on any atom is -0.479 e. The summed E-state index contributed by atoms with van der Waals surface area (Å²) in [5.41, 5.74) is 2.04. The third kappa shape index (κ3) is 3.85. The van der Waals surface area contributed by atoms with Gasteiger partial charge in [0.2, 0.25) is 0 Å². The monoisotopic (exact) mass is 359 g/mol. The molecule has 3 aromatic rings. The summed E-state index contributed by atoms with van der Waals surface area (Å²) < 4.78 is 5.62. The van der Waals surface area contributed by atoms with Crippen molar-refractivity contribution < 1.29 is 9.53 Å². The zero-order chi connectivity index (χ0) is 18.0. The molecule has 0 aliphatic carbocycles.